The van der Waals surface area contributed by atoms with Gasteiger partial charge in [-0.1, -0.05) is 12.8 Å². The third kappa shape index (κ3) is 5.30. The van der Waals surface area contributed by atoms with E-state index in [1.807, 2.05) is 11.8 Å². The summed E-state index contributed by atoms with van der Waals surface area (Å²) in [5.41, 5.74) is 5.89. The van der Waals surface area contributed by atoms with Gasteiger partial charge in [-0.3, -0.25) is 4.79 Å². The first-order chi connectivity index (χ1) is 8.22. The van der Waals surface area contributed by atoms with Gasteiger partial charge in [-0.25, -0.2) is 0 Å². The standard InChI is InChI=1S/C13H26N2OS/c1-17-9-4-2-3-8-15-12(16)10-13(11-14)6-5-7-13/h2-11,14H2,1H3,(H,15,16). The summed E-state index contributed by atoms with van der Waals surface area (Å²) in [6.45, 7) is 1.49. The number of hydrogen-bond acceptors (Lipinski definition) is 3. The van der Waals surface area contributed by atoms with Crippen molar-refractivity contribution in [2.24, 2.45) is 11.1 Å². The Morgan fingerprint density at radius 2 is 2.12 bits per heavy atom. The quantitative estimate of drug-likeness (QED) is 0.623. The molecule has 1 aliphatic rings. The number of hydrogen-bond donors (Lipinski definition) is 2. The lowest BCUT2D eigenvalue weighted by Gasteiger charge is -2.40. The summed E-state index contributed by atoms with van der Waals surface area (Å²) in [6.07, 6.45) is 9.82. The van der Waals surface area contributed by atoms with E-state index < -0.39 is 0 Å². The Morgan fingerprint density at radius 3 is 2.65 bits per heavy atom. The Morgan fingerprint density at radius 1 is 1.35 bits per heavy atom. The van der Waals surface area contributed by atoms with Crippen LogP contribution in [0.3, 0.4) is 0 Å². The van der Waals surface area contributed by atoms with Gasteiger partial charge in [0.1, 0.15) is 0 Å². The first-order valence-corrected chi connectivity index (χ1v) is 8.07. The molecular formula is C13H26N2OS. The summed E-state index contributed by atoms with van der Waals surface area (Å²) in [6, 6.07) is 0. The molecule has 1 aliphatic carbocycles. The van der Waals surface area contributed by atoms with Crippen LogP contribution in [0.25, 0.3) is 0 Å². The second kappa shape index (κ2) is 7.98. The van der Waals surface area contributed by atoms with E-state index in [1.165, 1.54) is 25.0 Å². The Bertz CT molecular complexity index is 224. The first kappa shape index (κ1) is 14.8. The lowest BCUT2D eigenvalue weighted by Crippen LogP contribution is -2.42. The number of nitrogens with one attached hydrogen (secondary N) is 1. The van der Waals surface area contributed by atoms with E-state index in [2.05, 4.69) is 11.6 Å². The van der Waals surface area contributed by atoms with Gasteiger partial charge in [0.05, 0.1) is 0 Å². The van der Waals surface area contributed by atoms with Crippen LogP contribution in [0.15, 0.2) is 0 Å². The van der Waals surface area contributed by atoms with E-state index in [4.69, 9.17) is 5.73 Å². The monoisotopic (exact) mass is 258 g/mol. The predicted octanol–water partition coefficient (Wildman–Crippen LogP) is 2.15. The molecule has 1 amide bonds. The van der Waals surface area contributed by atoms with Crippen molar-refractivity contribution in [3.8, 4) is 0 Å². The van der Waals surface area contributed by atoms with Crippen LogP contribution in [0.4, 0.5) is 0 Å². The van der Waals surface area contributed by atoms with Gasteiger partial charge in [-0.2, -0.15) is 11.8 Å². The number of unbranched alkanes of at least 4 members (excludes halogenated alkanes) is 2. The molecule has 1 fully saturated rings. The molecule has 3 nitrogen and oxygen atoms in total. The van der Waals surface area contributed by atoms with Gasteiger partial charge < -0.3 is 11.1 Å². The van der Waals surface area contributed by atoms with E-state index in [-0.39, 0.29) is 11.3 Å². The lowest BCUT2D eigenvalue weighted by atomic mass is 9.66. The molecule has 0 atom stereocenters. The number of carbonyl (C=O) groups excluding carboxylic acids is 1. The van der Waals surface area contributed by atoms with Crippen molar-refractivity contribution < 1.29 is 4.79 Å². The van der Waals surface area contributed by atoms with E-state index in [0.29, 0.717) is 13.0 Å². The fourth-order valence-corrected chi connectivity index (χ4v) is 2.80. The zero-order valence-electron chi connectivity index (χ0n) is 11.0. The van der Waals surface area contributed by atoms with Crippen LogP contribution < -0.4 is 11.1 Å². The third-order valence-electron chi connectivity index (χ3n) is 3.73. The highest BCUT2D eigenvalue weighted by molar-refractivity contribution is 7.98. The molecule has 0 unspecified atom stereocenters. The van der Waals surface area contributed by atoms with Crippen molar-refractivity contribution in [3.63, 3.8) is 0 Å². The minimum Gasteiger partial charge on any atom is -0.356 e. The average molecular weight is 258 g/mol. The van der Waals surface area contributed by atoms with Crippen molar-refractivity contribution in [2.45, 2.75) is 44.9 Å². The normalized spacial score (nSPS) is 17.5. The Labute approximate surface area is 109 Å². The molecule has 0 aromatic rings. The largest absolute Gasteiger partial charge is 0.356 e. The molecule has 1 saturated carbocycles. The summed E-state index contributed by atoms with van der Waals surface area (Å²) in [7, 11) is 0. The smallest absolute Gasteiger partial charge is 0.220 e. The van der Waals surface area contributed by atoms with E-state index in [1.54, 1.807) is 0 Å². The van der Waals surface area contributed by atoms with Crippen LogP contribution in [-0.4, -0.2) is 31.0 Å². The fourth-order valence-electron chi connectivity index (χ4n) is 2.31. The molecule has 0 radical (unpaired) electrons. The molecule has 1 rings (SSSR count). The van der Waals surface area contributed by atoms with Crippen molar-refractivity contribution in [1.29, 1.82) is 0 Å². The highest BCUT2D eigenvalue weighted by atomic mass is 32.2. The highest BCUT2D eigenvalue weighted by Gasteiger charge is 2.37. The molecule has 17 heavy (non-hydrogen) atoms. The summed E-state index contributed by atoms with van der Waals surface area (Å²) in [5, 5.41) is 3.02. The summed E-state index contributed by atoms with van der Waals surface area (Å²) < 4.78 is 0. The molecule has 0 bridgehead atoms. The molecule has 3 N–H and O–H groups in total. The second-order valence-corrected chi connectivity index (χ2v) is 6.12. The molecule has 0 aromatic carbocycles. The molecule has 0 spiro atoms. The Hall–Kier alpha value is -0.220. The SMILES string of the molecule is CSCCCCCNC(=O)CC1(CN)CCC1. The van der Waals surface area contributed by atoms with Crippen LogP contribution in [0.5, 0.6) is 0 Å². The predicted molar refractivity (Wildman–Crippen MR) is 75.2 cm³/mol. The topological polar surface area (TPSA) is 55.1 Å². The molecule has 0 heterocycles. The number of amides is 1. The van der Waals surface area contributed by atoms with Gasteiger partial charge in [0, 0.05) is 13.0 Å². The molecule has 0 aromatic heterocycles. The summed E-state index contributed by atoms with van der Waals surface area (Å²) >= 11 is 1.89. The van der Waals surface area contributed by atoms with Crippen LogP contribution in [0.2, 0.25) is 0 Å². The van der Waals surface area contributed by atoms with Crippen LogP contribution in [0.1, 0.15) is 44.9 Å². The number of rotatable bonds is 9. The minimum absolute atomic E-state index is 0.142. The van der Waals surface area contributed by atoms with Crippen molar-refractivity contribution in [2.75, 3.05) is 25.1 Å². The number of carbonyl (C=O) groups is 1. The van der Waals surface area contributed by atoms with Crippen molar-refractivity contribution >= 4 is 17.7 Å². The van der Waals surface area contributed by atoms with E-state index >= 15 is 0 Å². The minimum atomic E-state index is 0.142. The molecule has 100 valence electrons. The van der Waals surface area contributed by atoms with E-state index in [0.717, 1.165) is 25.8 Å². The third-order valence-corrected chi connectivity index (χ3v) is 4.43. The van der Waals surface area contributed by atoms with Gasteiger partial charge in [0.2, 0.25) is 5.91 Å². The summed E-state index contributed by atoms with van der Waals surface area (Å²) in [4.78, 5) is 11.7. The number of nitrogens with two attached hydrogens (primary N) is 1. The van der Waals surface area contributed by atoms with Crippen molar-refractivity contribution in [1.82, 2.24) is 5.32 Å². The Balaban J connectivity index is 2.01. The maximum absolute atomic E-state index is 11.7. The van der Waals surface area contributed by atoms with Crippen LogP contribution in [-0.2, 0) is 4.79 Å². The highest BCUT2D eigenvalue weighted by Crippen LogP contribution is 2.42. The number of thioether (sulfide) groups is 1. The van der Waals surface area contributed by atoms with Gasteiger partial charge >= 0.3 is 0 Å². The van der Waals surface area contributed by atoms with Gasteiger partial charge in [-0.15, -0.1) is 0 Å². The maximum Gasteiger partial charge on any atom is 0.220 e. The molecule has 0 saturated heterocycles. The van der Waals surface area contributed by atoms with Gasteiger partial charge in [-0.05, 0) is 49.7 Å². The zero-order chi connectivity index (χ0) is 12.6. The van der Waals surface area contributed by atoms with Crippen LogP contribution >= 0.6 is 11.8 Å². The first-order valence-electron chi connectivity index (χ1n) is 6.68. The molecule has 0 aliphatic heterocycles. The average Bonchev–Trinajstić information content (AvgIpc) is 2.28. The second-order valence-electron chi connectivity index (χ2n) is 5.14. The molecular weight excluding hydrogens is 232 g/mol. The zero-order valence-corrected chi connectivity index (χ0v) is 11.8. The maximum atomic E-state index is 11.7. The Kier molecular flexibility index (Phi) is 6.97. The fraction of sp³-hybridized carbons (Fsp3) is 0.923. The van der Waals surface area contributed by atoms with Gasteiger partial charge in [0.25, 0.3) is 0 Å². The van der Waals surface area contributed by atoms with Gasteiger partial charge in [0.15, 0.2) is 0 Å². The lowest BCUT2D eigenvalue weighted by molar-refractivity contribution is -0.124. The van der Waals surface area contributed by atoms with Crippen molar-refractivity contribution in [3.05, 3.63) is 0 Å². The van der Waals surface area contributed by atoms with Crippen LogP contribution in [0, 0.1) is 5.41 Å². The molecule has 4 heteroatoms. The van der Waals surface area contributed by atoms with E-state index in [9.17, 15) is 4.79 Å². The summed E-state index contributed by atoms with van der Waals surface area (Å²) in [5.74, 6) is 1.42.